The van der Waals surface area contributed by atoms with Gasteiger partial charge in [0, 0.05) is 18.7 Å². The first kappa shape index (κ1) is 11.5. The Hall–Kier alpha value is -1.61. The van der Waals surface area contributed by atoms with Crippen molar-refractivity contribution in [3.63, 3.8) is 0 Å². The fourth-order valence-corrected chi connectivity index (χ4v) is 1.33. The van der Waals surface area contributed by atoms with Crippen LogP contribution in [0.1, 0.15) is 24.9 Å². The van der Waals surface area contributed by atoms with E-state index in [1.807, 2.05) is 24.3 Å². The minimum absolute atomic E-state index is 0.0196. The van der Waals surface area contributed by atoms with Crippen LogP contribution in [-0.4, -0.2) is 5.91 Å². The Balaban J connectivity index is 2.71. The van der Waals surface area contributed by atoms with Crippen molar-refractivity contribution in [3.05, 3.63) is 42.5 Å². The second-order valence-electron chi connectivity index (χ2n) is 3.43. The fourth-order valence-electron chi connectivity index (χ4n) is 1.33. The van der Waals surface area contributed by atoms with E-state index < -0.39 is 0 Å². The molecular formula is C12H16N2O. The molecule has 1 aromatic carbocycles. The topological polar surface area (TPSA) is 55.1 Å². The molecule has 0 aliphatic rings. The van der Waals surface area contributed by atoms with Crippen molar-refractivity contribution in [1.29, 1.82) is 0 Å². The number of hydrogen-bond acceptors (Lipinski definition) is 2. The molecular weight excluding hydrogens is 188 g/mol. The summed E-state index contributed by atoms with van der Waals surface area (Å²) in [7, 11) is 0. The van der Waals surface area contributed by atoms with Crippen LogP contribution in [0.15, 0.2) is 36.9 Å². The maximum absolute atomic E-state index is 10.8. The van der Waals surface area contributed by atoms with Crippen LogP contribution < -0.4 is 11.1 Å². The Morgan fingerprint density at radius 2 is 2.13 bits per heavy atom. The fraction of sp³-hybridized carbons (Fsp3) is 0.250. The van der Waals surface area contributed by atoms with Crippen molar-refractivity contribution >= 4 is 11.6 Å². The lowest BCUT2D eigenvalue weighted by molar-refractivity contribution is -0.114. The van der Waals surface area contributed by atoms with Gasteiger partial charge in [-0.25, -0.2) is 0 Å². The Labute approximate surface area is 90.0 Å². The summed E-state index contributed by atoms with van der Waals surface area (Å²) < 4.78 is 0. The van der Waals surface area contributed by atoms with E-state index in [1.54, 1.807) is 6.08 Å². The zero-order valence-electron chi connectivity index (χ0n) is 8.86. The average molecular weight is 204 g/mol. The molecule has 80 valence electrons. The van der Waals surface area contributed by atoms with Crippen molar-refractivity contribution in [2.24, 2.45) is 5.73 Å². The highest BCUT2D eigenvalue weighted by Gasteiger charge is 2.03. The molecule has 0 heterocycles. The van der Waals surface area contributed by atoms with E-state index in [9.17, 15) is 4.79 Å². The highest BCUT2D eigenvalue weighted by atomic mass is 16.1. The highest BCUT2D eigenvalue weighted by molar-refractivity contribution is 5.88. The SMILES string of the molecule is C=CC[C@@H](N)c1ccc(NC(C)=O)cc1. The van der Waals surface area contributed by atoms with Gasteiger partial charge < -0.3 is 11.1 Å². The summed E-state index contributed by atoms with van der Waals surface area (Å²) in [6.45, 7) is 5.13. The number of carbonyl (C=O) groups excluding carboxylic acids is 1. The van der Waals surface area contributed by atoms with Gasteiger partial charge in [-0.1, -0.05) is 18.2 Å². The van der Waals surface area contributed by atoms with E-state index >= 15 is 0 Å². The van der Waals surface area contributed by atoms with Crippen LogP contribution in [0.5, 0.6) is 0 Å². The first-order valence-corrected chi connectivity index (χ1v) is 4.87. The van der Waals surface area contributed by atoms with Crippen LogP contribution in [-0.2, 0) is 4.79 Å². The van der Waals surface area contributed by atoms with Crippen molar-refractivity contribution < 1.29 is 4.79 Å². The molecule has 1 amide bonds. The molecule has 3 N–H and O–H groups in total. The van der Waals surface area contributed by atoms with E-state index in [0.717, 1.165) is 17.7 Å². The molecule has 1 atom stereocenters. The van der Waals surface area contributed by atoms with Gasteiger partial charge >= 0.3 is 0 Å². The Kier molecular flexibility index (Phi) is 4.06. The summed E-state index contributed by atoms with van der Waals surface area (Å²) >= 11 is 0. The highest BCUT2D eigenvalue weighted by Crippen LogP contribution is 2.17. The van der Waals surface area contributed by atoms with E-state index in [2.05, 4.69) is 11.9 Å². The van der Waals surface area contributed by atoms with Crippen LogP contribution in [0.4, 0.5) is 5.69 Å². The summed E-state index contributed by atoms with van der Waals surface area (Å²) in [6.07, 6.45) is 2.55. The number of benzene rings is 1. The second kappa shape index (κ2) is 5.32. The first-order valence-electron chi connectivity index (χ1n) is 4.87. The molecule has 3 heteroatoms. The summed E-state index contributed by atoms with van der Waals surface area (Å²) in [5.41, 5.74) is 7.73. The third-order valence-corrected chi connectivity index (χ3v) is 2.08. The predicted molar refractivity (Wildman–Crippen MR) is 62.5 cm³/mol. The molecule has 0 aliphatic heterocycles. The van der Waals surface area contributed by atoms with Gasteiger partial charge in [0.1, 0.15) is 0 Å². The van der Waals surface area contributed by atoms with E-state index in [0.29, 0.717) is 0 Å². The number of nitrogens with two attached hydrogens (primary N) is 1. The molecule has 3 nitrogen and oxygen atoms in total. The Morgan fingerprint density at radius 1 is 1.53 bits per heavy atom. The molecule has 0 aliphatic carbocycles. The summed E-state index contributed by atoms with van der Waals surface area (Å²) in [5.74, 6) is -0.0712. The van der Waals surface area contributed by atoms with Crippen LogP contribution in [0, 0.1) is 0 Å². The van der Waals surface area contributed by atoms with Gasteiger partial charge in [-0.2, -0.15) is 0 Å². The lowest BCUT2D eigenvalue weighted by Crippen LogP contribution is -2.09. The summed E-state index contributed by atoms with van der Waals surface area (Å²) in [6, 6.07) is 7.51. The van der Waals surface area contributed by atoms with Gasteiger partial charge in [0.2, 0.25) is 5.91 Å². The van der Waals surface area contributed by atoms with Crippen molar-refractivity contribution in [2.75, 3.05) is 5.32 Å². The van der Waals surface area contributed by atoms with Gasteiger partial charge in [0.25, 0.3) is 0 Å². The molecule has 15 heavy (non-hydrogen) atoms. The van der Waals surface area contributed by atoms with E-state index in [1.165, 1.54) is 6.92 Å². The zero-order chi connectivity index (χ0) is 11.3. The number of amides is 1. The molecule has 0 aromatic heterocycles. The zero-order valence-corrected chi connectivity index (χ0v) is 8.86. The van der Waals surface area contributed by atoms with Crippen LogP contribution >= 0.6 is 0 Å². The van der Waals surface area contributed by atoms with Gasteiger partial charge in [-0.15, -0.1) is 6.58 Å². The van der Waals surface area contributed by atoms with Gasteiger partial charge in [0.15, 0.2) is 0 Å². The third-order valence-electron chi connectivity index (χ3n) is 2.08. The van der Waals surface area contributed by atoms with Crippen molar-refractivity contribution in [2.45, 2.75) is 19.4 Å². The molecule has 0 fully saturated rings. The molecule has 0 unspecified atom stereocenters. The number of carbonyl (C=O) groups is 1. The molecule has 0 saturated carbocycles. The second-order valence-corrected chi connectivity index (χ2v) is 3.43. The van der Waals surface area contributed by atoms with Crippen molar-refractivity contribution in [3.8, 4) is 0 Å². The Bertz CT molecular complexity index is 343. The molecule has 0 bridgehead atoms. The smallest absolute Gasteiger partial charge is 0.221 e. The summed E-state index contributed by atoms with van der Waals surface area (Å²) in [4.78, 5) is 10.8. The lowest BCUT2D eigenvalue weighted by atomic mass is 10.0. The van der Waals surface area contributed by atoms with Crippen LogP contribution in [0.25, 0.3) is 0 Å². The Morgan fingerprint density at radius 3 is 2.60 bits per heavy atom. The lowest BCUT2D eigenvalue weighted by Gasteiger charge is -2.10. The van der Waals surface area contributed by atoms with E-state index in [4.69, 9.17) is 5.73 Å². The molecule has 0 saturated heterocycles. The maximum atomic E-state index is 10.8. The van der Waals surface area contributed by atoms with Crippen LogP contribution in [0.3, 0.4) is 0 Å². The van der Waals surface area contributed by atoms with Crippen LogP contribution in [0.2, 0.25) is 0 Å². The minimum atomic E-state index is -0.0712. The average Bonchev–Trinajstić information content (AvgIpc) is 2.18. The minimum Gasteiger partial charge on any atom is -0.326 e. The summed E-state index contributed by atoms with van der Waals surface area (Å²) in [5, 5.41) is 2.70. The largest absolute Gasteiger partial charge is 0.326 e. The standard InChI is InChI=1S/C12H16N2O/c1-3-4-12(13)10-5-7-11(8-6-10)14-9(2)15/h3,5-8,12H,1,4,13H2,2H3,(H,14,15)/t12-/m1/s1. The number of nitrogens with one attached hydrogen (secondary N) is 1. The number of hydrogen-bond donors (Lipinski definition) is 2. The molecule has 0 radical (unpaired) electrons. The molecule has 1 aromatic rings. The first-order chi connectivity index (χ1) is 7.13. The number of rotatable bonds is 4. The predicted octanol–water partition coefficient (Wildman–Crippen LogP) is 2.22. The van der Waals surface area contributed by atoms with E-state index in [-0.39, 0.29) is 11.9 Å². The maximum Gasteiger partial charge on any atom is 0.221 e. The van der Waals surface area contributed by atoms with Gasteiger partial charge in [-0.3, -0.25) is 4.79 Å². The monoisotopic (exact) mass is 204 g/mol. The van der Waals surface area contributed by atoms with Gasteiger partial charge in [0.05, 0.1) is 0 Å². The molecule has 0 spiro atoms. The van der Waals surface area contributed by atoms with Gasteiger partial charge in [-0.05, 0) is 24.1 Å². The normalized spacial score (nSPS) is 11.9. The quantitative estimate of drug-likeness (QED) is 0.739. The molecule has 1 rings (SSSR count). The third kappa shape index (κ3) is 3.56. The van der Waals surface area contributed by atoms with Crippen molar-refractivity contribution in [1.82, 2.24) is 0 Å². The number of anilines is 1.